The molecule has 2 aromatic rings. The average molecular weight is 284 g/mol. The van der Waals surface area contributed by atoms with Gasteiger partial charge in [-0.25, -0.2) is 0 Å². The van der Waals surface area contributed by atoms with E-state index < -0.39 is 5.60 Å². The first-order chi connectivity index (χ1) is 10.1. The van der Waals surface area contributed by atoms with Gasteiger partial charge in [0, 0.05) is 12.6 Å². The molecule has 0 radical (unpaired) electrons. The lowest BCUT2D eigenvalue weighted by Crippen LogP contribution is -2.25. The summed E-state index contributed by atoms with van der Waals surface area (Å²) in [6.07, 6.45) is 7.70. The Morgan fingerprint density at radius 2 is 1.95 bits per heavy atom. The summed E-state index contributed by atoms with van der Waals surface area (Å²) >= 11 is 0. The maximum Gasteiger partial charge on any atom is 0.0927 e. The molecule has 3 heteroatoms. The van der Waals surface area contributed by atoms with Gasteiger partial charge in [0.05, 0.1) is 17.3 Å². The highest BCUT2D eigenvalue weighted by atomic mass is 16.3. The maximum absolute atomic E-state index is 10.8. The second kappa shape index (κ2) is 5.64. The molecule has 1 aliphatic rings. The number of nitrogens with zero attached hydrogens (tertiary/aromatic N) is 2. The SMILES string of the molecule is Cc1ccccc1C(C)(O)Cc1ccn(C2CCCC2)n1. The van der Waals surface area contributed by atoms with E-state index in [0.717, 1.165) is 16.8 Å². The molecule has 112 valence electrons. The number of aromatic nitrogens is 2. The fourth-order valence-electron chi connectivity index (χ4n) is 3.47. The highest BCUT2D eigenvalue weighted by Crippen LogP contribution is 2.30. The van der Waals surface area contributed by atoms with Gasteiger partial charge >= 0.3 is 0 Å². The highest BCUT2D eigenvalue weighted by Gasteiger charge is 2.27. The van der Waals surface area contributed by atoms with Crippen molar-refractivity contribution in [2.45, 2.75) is 57.6 Å². The van der Waals surface area contributed by atoms with Crippen LogP contribution in [0.25, 0.3) is 0 Å². The number of benzene rings is 1. The van der Waals surface area contributed by atoms with E-state index in [-0.39, 0.29) is 0 Å². The number of aryl methyl sites for hydroxylation is 1. The molecule has 0 spiro atoms. The van der Waals surface area contributed by atoms with Gasteiger partial charge in [0.2, 0.25) is 0 Å². The van der Waals surface area contributed by atoms with Gasteiger partial charge in [-0.05, 0) is 43.9 Å². The van der Waals surface area contributed by atoms with Gasteiger partial charge in [0.1, 0.15) is 0 Å². The molecule has 1 aromatic heterocycles. The number of hydrogen-bond acceptors (Lipinski definition) is 2. The third-order valence-electron chi connectivity index (χ3n) is 4.61. The minimum Gasteiger partial charge on any atom is -0.385 e. The Morgan fingerprint density at radius 3 is 2.67 bits per heavy atom. The Hall–Kier alpha value is -1.61. The predicted octanol–water partition coefficient (Wildman–Crippen LogP) is 3.76. The molecule has 1 unspecified atom stereocenters. The number of aliphatic hydroxyl groups is 1. The van der Waals surface area contributed by atoms with Crippen molar-refractivity contribution in [3.8, 4) is 0 Å². The molecule has 1 saturated carbocycles. The highest BCUT2D eigenvalue weighted by molar-refractivity contribution is 5.31. The van der Waals surface area contributed by atoms with Crippen LogP contribution in [0.3, 0.4) is 0 Å². The van der Waals surface area contributed by atoms with Crippen LogP contribution in [0, 0.1) is 6.92 Å². The molecule has 1 heterocycles. The Labute approximate surface area is 126 Å². The Morgan fingerprint density at radius 1 is 1.24 bits per heavy atom. The molecule has 0 aliphatic heterocycles. The van der Waals surface area contributed by atoms with Crippen molar-refractivity contribution < 1.29 is 5.11 Å². The Balaban J connectivity index is 1.78. The first kappa shape index (κ1) is 14.3. The van der Waals surface area contributed by atoms with Crippen LogP contribution in [-0.4, -0.2) is 14.9 Å². The quantitative estimate of drug-likeness (QED) is 0.928. The minimum atomic E-state index is -0.875. The fourth-order valence-corrected chi connectivity index (χ4v) is 3.47. The maximum atomic E-state index is 10.8. The largest absolute Gasteiger partial charge is 0.385 e. The van der Waals surface area contributed by atoms with Crippen LogP contribution in [0.4, 0.5) is 0 Å². The predicted molar refractivity (Wildman–Crippen MR) is 84.2 cm³/mol. The van der Waals surface area contributed by atoms with Gasteiger partial charge in [0.25, 0.3) is 0 Å². The molecular weight excluding hydrogens is 260 g/mol. The summed E-state index contributed by atoms with van der Waals surface area (Å²) in [5, 5.41) is 15.5. The van der Waals surface area contributed by atoms with E-state index in [1.54, 1.807) is 0 Å². The Bertz CT molecular complexity index is 609. The van der Waals surface area contributed by atoms with Crippen molar-refractivity contribution in [3.63, 3.8) is 0 Å². The lowest BCUT2D eigenvalue weighted by Gasteiger charge is -2.24. The molecule has 1 fully saturated rings. The van der Waals surface area contributed by atoms with Crippen LogP contribution in [0.2, 0.25) is 0 Å². The summed E-state index contributed by atoms with van der Waals surface area (Å²) in [4.78, 5) is 0. The smallest absolute Gasteiger partial charge is 0.0927 e. The van der Waals surface area contributed by atoms with Crippen LogP contribution in [0.1, 0.15) is 55.5 Å². The van der Waals surface area contributed by atoms with Crippen molar-refractivity contribution >= 4 is 0 Å². The molecule has 0 bridgehead atoms. The van der Waals surface area contributed by atoms with Crippen molar-refractivity contribution in [3.05, 3.63) is 53.3 Å². The average Bonchev–Trinajstić information content (AvgIpc) is 3.09. The summed E-state index contributed by atoms with van der Waals surface area (Å²) < 4.78 is 2.09. The molecule has 3 nitrogen and oxygen atoms in total. The lowest BCUT2D eigenvalue weighted by molar-refractivity contribution is 0.0557. The van der Waals surface area contributed by atoms with E-state index >= 15 is 0 Å². The van der Waals surface area contributed by atoms with Crippen molar-refractivity contribution in [2.75, 3.05) is 0 Å². The monoisotopic (exact) mass is 284 g/mol. The minimum absolute atomic E-state index is 0.553. The molecule has 1 N–H and O–H groups in total. The third-order valence-corrected chi connectivity index (χ3v) is 4.61. The first-order valence-electron chi connectivity index (χ1n) is 7.89. The van der Waals surface area contributed by atoms with E-state index in [0.29, 0.717) is 12.5 Å². The normalized spacial score (nSPS) is 18.8. The van der Waals surface area contributed by atoms with Gasteiger partial charge in [0.15, 0.2) is 0 Å². The molecule has 1 atom stereocenters. The lowest BCUT2D eigenvalue weighted by atomic mass is 9.88. The summed E-state index contributed by atoms with van der Waals surface area (Å²) in [5.74, 6) is 0. The summed E-state index contributed by atoms with van der Waals surface area (Å²) in [5.41, 5.74) is 2.20. The molecular formula is C18H24N2O. The van der Waals surface area contributed by atoms with Gasteiger partial charge in [-0.3, -0.25) is 4.68 Å². The van der Waals surface area contributed by atoms with Gasteiger partial charge in [-0.1, -0.05) is 37.1 Å². The molecule has 0 saturated heterocycles. The zero-order chi connectivity index (χ0) is 14.9. The zero-order valence-electron chi connectivity index (χ0n) is 12.9. The second-order valence-electron chi connectivity index (χ2n) is 6.49. The third kappa shape index (κ3) is 3.03. The topological polar surface area (TPSA) is 38.0 Å². The van der Waals surface area contributed by atoms with Crippen LogP contribution in [0.15, 0.2) is 36.5 Å². The molecule has 0 amide bonds. The summed E-state index contributed by atoms with van der Waals surface area (Å²) in [7, 11) is 0. The van der Waals surface area contributed by atoms with Gasteiger partial charge in [-0.15, -0.1) is 0 Å². The summed E-state index contributed by atoms with van der Waals surface area (Å²) in [6.45, 7) is 3.92. The van der Waals surface area contributed by atoms with Gasteiger partial charge in [-0.2, -0.15) is 5.10 Å². The van der Waals surface area contributed by atoms with E-state index in [2.05, 4.69) is 16.0 Å². The standard InChI is InChI=1S/C18H24N2O/c1-14-7-3-6-10-17(14)18(2,21)13-15-11-12-20(19-15)16-8-4-5-9-16/h3,6-7,10-12,16,21H,4-5,8-9,13H2,1-2H3. The van der Waals surface area contributed by atoms with Crippen molar-refractivity contribution in [2.24, 2.45) is 0 Å². The van der Waals surface area contributed by atoms with Crippen LogP contribution in [-0.2, 0) is 12.0 Å². The van der Waals surface area contributed by atoms with Crippen LogP contribution < -0.4 is 0 Å². The molecule has 21 heavy (non-hydrogen) atoms. The number of hydrogen-bond donors (Lipinski definition) is 1. The van der Waals surface area contributed by atoms with Crippen molar-refractivity contribution in [1.82, 2.24) is 9.78 Å². The van der Waals surface area contributed by atoms with Gasteiger partial charge < -0.3 is 5.11 Å². The van der Waals surface area contributed by atoms with Crippen molar-refractivity contribution in [1.29, 1.82) is 0 Å². The Kier molecular flexibility index (Phi) is 3.85. The fraction of sp³-hybridized carbons (Fsp3) is 0.500. The number of rotatable bonds is 4. The van der Waals surface area contributed by atoms with E-state index in [4.69, 9.17) is 0 Å². The first-order valence-corrected chi connectivity index (χ1v) is 7.89. The zero-order valence-corrected chi connectivity index (χ0v) is 12.9. The molecule has 1 aromatic carbocycles. The summed E-state index contributed by atoms with van der Waals surface area (Å²) in [6, 6.07) is 10.6. The van der Waals surface area contributed by atoms with E-state index in [1.807, 2.05) is 44.2 Å². The molecule has 3 rings (SSSR count). The second-order valence-corrected chi connectivity index (χ2v) is 6.49. The van der Waals surface area contributed by atoms with Crippen LogP contribution in [0.5, 0.6) is 0 Å². The molecule has 1 aliphatic carbocycles. The van der Waals surface area contributed by atoms with E-state index in [9.17, 15) is 5.11 Å². The van der Waals surface area contributed by atoms with E-state index in [1.165, 1.54) is 25.7 Å². The van der Waals surface area contributed by atoms with Crippen LogP contribution >= 0.6 is 0 Å².